The van der Waals surface area contributed by atoms with Crippen LogP contribution in [0.3, 0.4) is 0 Å². The Labute approximate surface area is 183 Å². The maximum atomic E-state index is 12.8. The molecule has 1 N–H and O–H groups in total. The summed E-state index contributed by atoms with van der Waals surface area (Å²) in [6, 6.07) is 17.7. The minimum absolute atomic E-state index is 0.327. The molecule has 1 aliphatic heterocycles. The summed E-state index contributed by atoms with van der Waals surface area (Å²) >= 11 is 0. The molecule has 5 nitrogen and oxygen atoms in total. The van der Waals surface area contributed by atoms with Crippen LogP contribution in [-0.4, -0.2) is 39.3 Å². The van der Waals surface area contributed by atoms with Crippen LogP contribution in [0, 0.1) is 6.92 Å². The fraction of sp³-hybridized carbons (Fsp3) is 0.385. The molecule has 4 rings (SSSR count). The number of hydrogen-bond acceptors (Lipinski definition) is 4. The van der Waals surface area contributed by atoms with Gasteiger partial charge in [0.25, 0.3) is 0 Å². The Balaban J connectivity index is 1.74. The Morgan fingerprint density at radius 2 is 1.87 bits per heavy atom. The molecule has 3 aromatic rings. The van der Waals surface area contributed by atoms with Crippen molar-refractivity contribution in [2.45, 2.75) is 58.3 Å². The first-order valence-electron chi connectivity index (χ1n) is 10.9. The third-order valence-corrected chi connectivity index (χ3v) is 5.71. The normalized spacial score (nSPS) is 17.7. The van der Waals surface area contributed by atoms with Crippen LogP contribution in [-0.2, 0) is 4.74 Å². The molecule has 0 bridgehead atoms. The number of carbonyl (C=O) groups excluding carboxylic acids is 1. The number of pyridine rings is 1. The summed E-state index contributed by atoms with van der Waals surface area (Å²) in [5.41, 5.74) is 4.05. The Morgan fingerprint density at radius 1 is 1.16 bits per heavy atom. The maximum absolute atomic E-state index is 12.8. The van der Waals surface area contributed by atoms with Gasteiger partial charge < -0.3 is 14.7 Å². The molecule has 1 aromatic heterocycles. The van der Waals surface area contributed by atoms with E-state index >= 15 is 0 Å². The van der Waals surface area contributed by atoms with E-state index in [0.717, 1.165) is 40.6 Å². The minimum Gasteiger partial charge on any atom is -0.444 e. The van der Waals surface area contributed by atoms with Gasteiger partial charge in [0.1, 0.15) is 11.7 Å². The van der Waals surface area contributed by atoms with E-state index in [0.29, 0.717) is 6.54 Å². The quantitative estimate of drug-likeness (QED) is 0.598. The SMILES string of the molecule is Cc1ccc(-c2cc(C(O)C3CCCN3C(=O)OC(C)(C)C)c3ccccc3n2)cc1. The average molecular weight is 419 g/mol. The van der Waals surface area contributed by atoms with Gasteiger partial charge in [-0.3, -0.25) is 0 Å². The van der Waals surface area contributed by atoms with Gasteiger partial charge in [0.2, 0.25) is 0 Å². The molecule has 0 radical (unpaired) electrons. The summed E-state index contributed by atoms with van der Waals surface area (Å²) in [7, 11) is 0. The smallest absolute Gasteiger partial charge is 0.410 e. The highest BCUT2D eigenvalue weighted by molar-refractivity contribution is 5.85. The number of aryl methyl sites for hydroxylation is 1. The van der Waals surface area contributed by atoms with Gasteiger partial charge in [-0.2, -0.15) is 0 Å². The second kappa shape index (κ2) is 8.31. The minimum atomic E-state index is -0.827. The zero-order chi connectivity index (χ0) is 22.2. The van der Waals surface area contributed by atoms with Crippen molar-refractivity contribution in [1.82, 2.24) is 9.88 Å². The van der Waals surface area contributed by atoms with Crippen LogP contribution in [0.4, 0.5) is 4.79 Å². The standard InChI is InChI=1S/C26H30N2O3/c1-17-11-13-18(14-12-17)22-16-20(19-8-5-6-9-21(19)27-22)24(29)23-10-7-15-28(23)25(30)31-26(2,3)4/h5-6,8-9,11-14,16,23-24,29H,7,10,15H2,1-4H3. The number of aliphatic hydroxyl groups excluding tert-OH is 1. The van der Waals surface area contributed by atoms with Crippen LogP contribution in [0.1, 0.15) is 50.8 Å². The maximum Gasteiger partial charge on any atom is 0.410 e. The van der Waals surface area contributed by atoms with Gasteiger partial charge in [-0.1, -0.05) is 48.0 Å². The predicted molar refractivity (Wildman–Crippen MR) is 123 cm³/mol. The van der Waals surface area contributed by atoms with Crippen LogP contribution >= 0.6 is 0 Å². The zero-order valence-corrected chi connectivity index (χ0v) is 18.6. The Bertz CT molecular complexity index is 1090. The molecule has 1 fully saturated rings. The van der Waals surface area contributed by atoms with Gasteiger partial charge in [0.05, 0.1) is 17.3 Å². The lowest BCUT2D eigenvalue weighted by atomic mass is 9.95. The molecule has 0 spiro atoms. The molecule has 162 valence electrons. The Hall–Kier alpha value is -2.92. The number of benzene rings is 2. The third-order valence-electron chi connectivity index (χ3n) is 5.71. The van der Waals surface area contributed by atoms with E-state index in [9.17, 15) is 9.90 Å². The second-order valence-corrected chi connectivity index (χ2v) is 9.31. The van der Waals surface area contributed by atoms with Crippen LogP contribution in [0.5, 0.6) is 0 Å². The highest BCUT2D eigenvalue weighted by Gasteiger charge is 2.37. The Kier molecular flexibility index (Phi) is 5.71. The van der Waals surface area contributed by atoms with E-state index < -0.39 is 11.7 Å². The van der Waals surface area contributed by atoms with Crippen molar-refractivity contribution in [3.63, 3.8) is 0 Å². The monoisotopic (exact) mass is 418 g/mol. The molecule has 2 aromatic carbocycles. The third kappa shape index (κ3) is 4.57. The van der Waals surface area contributed by atoms with Crippen molar-refractivity contribution >= 4 is 17.0 Å². The van der Waals surface area contributed by atoms with Crippen molar-refractivity contribution in [3.05, 3.63) is 65.7 Å². The number of aliphatic hydroxyl groups is 1. The first kappa shape index (κ1) is 21.3. The second-order valence-electron chi connectivity index (χ2n) is 9.31. The molecule has 0 aliphatic carbocycles. The van der Waals surface area contributed by atoms with E-state index in [1.54, 1.807) is 4.90 Å². The molecular weight excluding hydrogens is 388 g/mol. The molecule has 1 aliphatic rings. The number of aromatic nitrogens is 1. The van der Waals surface area contributed by atoms with Gasteiger partial charge in [-0.25, -0.2) is 9.78 Å². The van der Waals surface area contributed by atoms with Gasteiger partial charge in [-0.15, -0.1) is 0 Å². The van der Waals surface area contributed by atoms with Crippen molar-refractivity contribution in [2.24, 2.45) is 0 Å². The number of fused-ring (bicyclic) bond motifs is 1. The van der Waals surface area contributed by atoms with Crippen LogP contribution in [0.15, 0.2) is 54.6 Å². The number of likely N-dealkylation sites (tertiary alicyclic amines) is 1. The number of carbonyl (C=O) groups is 1. The van der Waals surface area contributed by atoms with Crippen molar-refractivity contribution in [3.8, 4) is 11.3 Å². The molecular formula is C26H30N2O3. The van der Waals surface area contributed by atoms with Crippen LogP contribution < -0.4 is 0 Å². The van der Waals surface area contributed by atoms with E-state index in [-0.39, 0.29) is 12.1 Å². The lowest BCUT2D eigenvalue weighted by molar-refractivity contribution is 0.00512. The topological polar surface area (TPSA) is 62.7 Å². The lowest BCUT2D eigenvalue weighted by Crippen LogP contribution is -2.42. The largest absolute Gasteiger partial charge is 0.444 e. The van der Waals surface area contributed by atoms with Gasteiger partial charge in [0, 0.05) is 17.5 Å². The molecule has 5 heteroatoms. The summed E-state index contributed by atoms with van der Waals surface area (Å²) in [5, 5.41) is 12.4. The lowest BCUT2D eigenvalue weighted by Gasteiger charge is -2.31. The van der Waals surface area contributed by atoms with Crippen molar-refractivity contribution in [2.75, 3.05) is 6.54 Å². The first-order valence-corrected chi connectivity index (χ1v) is 10.9. The van der Waals surface area contributed by atoms with Gasteiger partial charge >= 0.3 is 6.09 Å². The number of amides is 1. The average Bonchev–Trinajstić information content (AvgIpc) is 3.22. The highest BCUT2D eigenvalue weighted by atomic mass is 16.6. The summed E-state index contributed by atoms with van der Waals surface area (Å²) in [4.78, 5) is 19.3. The van der Waals surface area contributed by atoms with E-state index in [1.807, 2.05) is 63.2 Å². The zero-order valence-electron chi connectivity index (χ0n) is 18.6. The van der Waals surface area contributed by atoms with Gasteiger partial charge in [0.15, 0.2) is 0 Å². The molecule has 31 heavy (non-hydrogen) atoms. The molecule has 2 atom stereocenters. The summed E-state index contributed by atoms with van der Waals surface area (Å²) < 4.78 is 5.59. The van der Waals surface area contributed by atoms with E-state index in [4.69, 9.17) is 9.72 Å². The summed E-state index contributed by atoms with van der Waals surface area (Å²) in [5.74, 6) is 0. The summed E-state index contributed by atoms with van der Waals surface area (Å²) in [6.45, 7) is 8.21. The number of nitrogens with zero attached hydrogens (tertiary/aromatic N) is 2. The molecule has 2 heterocycles. The molecule has 1 saturated heterocycles. The number of para-hydroxylation sites is 1. The fourth-order valence-corrected chi connectivity index (χ4v) is 4.19. The number of rotatable bonds is 3. The number of ether oxygens (including phenoxy) is 1. The van der Waals surface area contributed by atoms with Crippen molar-refractivity contribution in [1.29, 1.82) is 0 Å². The summed E-state index contributed by atoms with van der Waals surface area (Å²) in [6.07, 6.45) is 0.379. The van der Waals surface area contributed by atoms with Crippen LogP contribution in [0.25, 0.3) is 22.2 Å². The first-order chi connectivity index (χ1) is 14.7. The van der Waals surface area contributed by atoms with Crippen molar-refractivity contribution < 1.29 is 14.6 Å². The molecule has 2 unspecified atom stereocenters. The van der Waals surface area contributed by atoms with Crippen LogP contribution in [0.2, 0.25) is 0 Å². The molecule has 0 saturated carbocycles. The highest BCUT2D eigenvalue weighted by Crippen LogP contribution is 2.35. The predicted octanol–water partition coefficient (Wildman–Crippen LogP) is 5.64. The Morgan fingerprint density at radius 3 is 2.58 bits per heavy atom. The van der Waals surface area contributed by atoms with E-state index in [2.05, 4.69) is 19.1 Å². The fourth-order valence-electron chi connectivity index (χ4n) is 4.19. The number of hydrogen-bond donors (Lipinski definition) is 1. The van der Waals surface area contributed by atoms with Gasteiger partial charge in [-0.05, 0) is 58.2 Å². The van der Waals surface area contributed by atoms with E-state index in [1.165, 1.54) is 5.56 Å². The molecule has 1 amide bonds.